The van der Waals surface area contributed by atoms with Crippen LogP contribution in [0, 0.1) is 0 Å². The van der Waals surface area contributed by atoms with E-state index in [4.69, 9.17) is 9.72 Å². The number of aromatic nitrogens is 2. The summed E-state index contributed by atoms with van der Waals surface area (Å²) in [7, 11) is 1.69. The van der Waals surface area contributed by atoms with Crippen molar-refractivity contribution < 1.29 is 4.74 Å². The predicted octanol–water partition coefficient (Wildman–Crippen LogP) is 4.51. The summed E-state index contributed by atoms with van der Waals surface area (Å²) >= 11 is 0. The fourth-order valence-electron chi connectivity index (χ4n) is 2.58. The molecule has 1 aromatic heterocycles. The van der Waals surface area contributed by atoms with Crippen LogP contribution in [0.15, 0.2) is 48.5 Å². The molecule has 0 saturated carbocycles. The van der Waals surface area contributed by atoms with Gasteiger partial charge < -0.3 is 9.30 Å². The third kappa shape index (κ3) is 2.64. The third-order valence-corrected chi connectivity index (χ3v) is 3.74. The van der Waals surface area contributed by atoms with Gasteiger partial charge in [-0.25, -0.2) is 4.98 Å². The highest BCUT2D eigenvalue weighted by molar-refractivity contribution is 5.80. The van der Waals surface area contributed by atoms with Gasteiger partial charge in [-0.05, 0) is 42.8 Å². The smallest absolute Gasteiger partial charge is 0.141 e. The summed E-state index contributed by atoms with van der Waals surface area (Å²) in [6.07, 6.45) is 2.33. The van der Waals surface area contributed by atoms with E-state index in [0.29, 0.717) is 0 Å². The van der Waals surface area contributed by atoms with Gasteiger partial charge in [0.2, 0.25) is 0 Å². The van der Waals surface area contributed by atoms with Crippen LogP contribution >= 0.6 is 0 Å². The Bertz CT molecular complexity index is 729. The fraction of sp³-hybridized carbons (Fsp3) is 0.278. The molecule has 0 aliphatic rings. The molecule has 0 unspecified atom stereocenters. The van der Waals surface area contributed by atoms with Crippen LogP contribution in [-0.4, -0.2) is 16.7 Å². The minimum atomic E-state index is 0.870. The summed E-state index contributed by atoms with van der Waals surface area (Å²) in [5.41, 5.74) is 3.39. The molecule has 0 bridgehead atoms. The van der Waals surface area contributed by atoms with Crippen LogP contribution in [0.25, 0.3) is 22.4 Å². The summed E-state index contributed by atoms with van der Waals surface area (Å²) in [5, 5.41) is 0. The topological polar surface area (TPSA) is 27.1 Å². The van der Waals surface area contributed by atoms with Gasteiger partial charge in [0.05, 0.1) is 18.1 Å². The summed E-state index contributed by atoms with van der Waals surface area (Å²) < 4.78 is 7.55. The monoisotopic (exact) mass is 280 g/mol. The largest absolute Gasteiger partial charge is 0.497 e. The lowest BCUT2D eigenvalue weighted by Crippen LogP contribution is -2.00. The second-order valence-electron chi connectivity index (χ2n) is 5.16. The van der Waals surface area contributed by atoms with Crippen LogP contribution in [0.1, 0.15) is 19.8 Å². The van der Waals surface area contributed by atoms with Crippen molar-refractivity contribution in [1.29, 1.82) is 0 Å². The first-order valence-corrected chi connectivity index (χ1v) is 7.43. The number of nitrogens with zero attached hydrogens (tertiary/aromatic N) is 2. The normalized spacial score (nSPS) is 11.0. The van der Waals surface area contributed by atoms with E-state index in [0.717, 1.165) is 35.6 Å². The van der Waals surface area contributed by atoms with E-state index in [-0.39, 0.29) is 0 Å². The van der Waals surface area contributed by atoms with E-state index in [1.807, 2.05) is 18.2 Å². The average Bonchev–Trinajstić information content (AvgIpc) is 2.91. The Morgan fingerprint density at radius 1 is 1.05 bits per heavy atom. The van der Waals surface area contributed by atoms with E-state index < -0.39 is 0 Å². The first-order valence-electron chi connectivity index (χ1n) is 7.43. The van der Waals surface area contributed by atoms with Crippen LogP contribution in [0.5, 0.6) is 5.75 Å². The molecule has 2 aromatic carbocycles. The average molecular weight is 280 g/mol. The Morgan fingerprint density at radius 3 is 2.52 bits per heavy atom. The first-order chi connectivity index (χ1) is 10.3. The number of hydrogen-bond donors (Lipinski definition) is 0. The lowest BCUT2D eigenvalue weighted by molar-refractivity contribution is 0.415. The number of aryl methyl sites for hydroxylation is 1. The van der Waals surface area contributed by atoms with Gasteiger partial charge in [0.1, 0.15) is 11.6 Å². The number of hydrogen-bond acceptors (Lipinski definition) is 2. The lowest BCUT2D eigenvalue weighted by atomic mass is 10.2. The molecule has 21 heavy (non-hydrogen) atoms. The van der Waals surface area contributed by atoms with Crippen molar-refractivity contribution in [2.45, 2.75) is 26.3 Å². The molecule has 0 N–H and O–H groups in total. The molecule has 0 fully saturated rings. The molecule has 3 rings (SSSR count). The minimum Gasteiger partial charge on any atom is -0.497 e. The molecular formula is C18H20N2O. The van der Waals surface area contributed by atoms with Crippen molar-refractivity contribution in [3.8, 4) is 17.1 Å². The highest BCUT2D eigenvalue weighted by Gasteiger charge is 2.11. The molecule has 3 heteroatoms. The van der Waals surface area contributed by atoms with Crippen LogP contribution in [0.2, 0.25) is 0 Å². The molecular weight excluding hydrogens is 260 g/mol. The Morgan fingerprint density at radius 2 is 1.81 bits per heavy atom. The second kappa shape index (κ2) is 6.00. The quantitative estimate of drug-likeness (QED) is 0.687. The number of para-hydroxylation sites is 2. The van der Waals surface area contributed by atoms with Crippen LogP contribution in [0.3, 0.4) is 0 Å². The van der Waals surface area contributed by atoms with Gasteiger partial charge in [0.25, 0.3) is 0 Å². The Labute approximate surface area is 125 Å². The summed E-state index contributed by atoms with van der Waals surface area (Å²) in [6.45, 7) is 3.21. The van der Waals surface area contributed by atoms with Crippen molar-refractivity contribution in [3.05, 3.63) is 48.5 Å². The molecule has 0 spiro atoms. The molecule has 0 saturated heterocycles. The molecule has 0 atom stereocenters. The third-order valence-electron chi connectivity index (χ3n) is 3.74. The van der Waals surface area contributed by atoms with Crippen molar-refractivity contribution in [1.82, 2.24) is 9.55 Å². The zero-order chi connectivity index (χ0) is 14.7. The van der Waals surface area contributed by atoms with E-state index in [9.17, 15) is 0 Å². The molecule has 0 amide bonds. The lowest BCUT2D eigenvalue weighted by Gasteiger charge is -2.09. The van der Waals surface area contributed by atoms with E-state index in [1.54, 1.807) is 7.11 Å². The molecule has 0 aliphatic heterocycles. The van der Waals surface area contributed by atoms with Crippen molar-refractivity contribution >= 4 is 11.0 Å². The Balaban J connectivity index is 2.10. The Kier molecular flexibility index (Phi) is 3.91. The maximum absolute atomic E-state index is 5.23. The molecule has 108 valence electrons. The van der Waals surface area contributed by atoms with E-state index in [2.05, 4.69) is 41.8 Å². The highest BCUT2D eigenvalue weighted by Crippen LogP contribution is 2.26. The number of imidazole rings is 1. The van der Waals surface area contributed by atoms with Gasteiger partial charge >= 0.3 is 0 Å². The van der Waals surface area contributed by atoms with Gasteiger partial charge in [-0.3, -0.25) is 0 Å². The van der Waals surface area contributed by atoms with Crippen molar-refractivity contribution in [2.24, 2.45) is 0 Å². The molecule has 0 radical (unpaired) electrons. The standard InChI is InChI=1S/C18H20N2O/c1-3-4-13-20-17-8-6-5-7-16(17)19-18(20)14-9-11-15(21-2)12-10-14/h5-12H,3-4,13H2,1-2H3. The van der Waals surface area contributed by atoms with Crippen LogP contribution < -0.4 is 4.74 Å². The van der Waals surface area contributed by atoms with Gasteiger partial charge in [-0.15, -0.1) is 0 Å². The number of rotatable bonds is 5. The maximum Gasteiger partial charge on any atom is 0.141 e. The molecule has 0 aliphatic carbocycles. The van der Waals surface area contributed by atoms with Crippen molar-refractivity contribution in [2.75, 3.05) is 7.11 Å². The predicted molar refractivity (Wildman–Crippen MR) is 86.6 cm³/mol. The molecule has 3 aromatic rings. The maximum atomic E-state index is 5.23. The zero-order valence-corrected chi connectivity index (χ0v) is 12.5. The van der Waals surface area contributed by atoms with Gasteiger partial charge in [0, 0.05) is 12.1 Å². The SMILES string of the molecule is CCCCn1c(-c2ccc(OC)cc2)nc2ccccc21. The minimum absolute atomic E-state index is 0.870. The summed E-state index contributed by atoms with van der Waals surface area (Å²) in [6, 6.07) is 16.4. The van der Waals surface area contributed by atoms with Gasteiger partial charge in [-0.2, -0.15) is 0 Å². The molecule has 3 nitrogen and oxygen atoms in total. The van der Waals surface area contributed by atoms with Gasteiger partial charge in [-0.1, -0.05) is 25.5 Å². The molecule has 1 heterocycles. The fourth-order valence-corrected chi connectivity index (χ4v) is 2.58. The number of unbranched alkanes of at least 4 members (excludes halogenated alkanes) is 1. The Hall–Kier alpha value is -2.29. The second-order valence-corrected chi connectivity index (χ2v) is 5.16. The summed E-state index contributed by atoms with van der Waals surface area (Å²) in [5.74, 6) is 1.90. The number of methoxy groups -OCH3 is 1. The summed E-state index contributed by atoms with van der Waals surface area (Å²) in [4.78, 5) is 4.81. The highest BCUT2D eigenvalue weighted by atomic mass is 16.5. The number of benzene rings is 2. The van der Waals surface area contributed by atoms with Crippen molar-refractivity contribution in [3.63, 3.8) is 0 Å². The van der Waals surface area contributed by atoms with Crippen LogP contribution in [-0.2, 0) is 6.54 Å². The van der Waals surface area contributed by atoms with Crippen LogP contribution in [0.4, 0.5) is 0 Å². The van der Waals surface area contributed by atoms with E-state index in [1.165, 1.54) is 11.9 Å². The number of ether oxygens (including phenoxy) is 1. The number of fused-ring (bicyclic) bond motifs is 1. The zero-order valence-electron chi connectivity index (χ0n) is 12.5. The first kappa shape index (κ1) is 13.7. The van der Waals surface area contributed by atoms with E-state index >= 15 is 0 Å². The van der Waals surface area contributed by atoms with Gasteiger partial charge in [0.15, 0.2) is 0 Å².